The van der Waals surface area contributed by atoms with Crippen LogP contribution in [-0.4, -0.2) is 12.5 Å². The molecule has 2 N–H and O–H groups in total. The van der Waals surface area contributed by atoms with E-state index in [1.807, 2.05) is 0 Å². The molecule has 0 heterocycles. The van der Waals surface area contributed by atoms with E-state index >= 15 is 0 Å². The molecule has 0 spiro atoms. The van der Waals surface area contributed by atoms with Crippen LogP contribution in [0.4, 0.5) is 13.2 Å². The van der Waals surface area contributed by atoms with E-state index in [1.54, 1.807) is 0 Å². The zero-order valence-electron chi connectivity index (χ0n) is 7.81. The van der Waals surface area contributed by atoms with E-state index in [-0.39, 0.29) is 12.1 Å². The molecule has 0 saturated heterocycles. The summed E-state index contributed by atoms with van der Waals surface area (Å²) in [6.07, 6.45) is 0. The molecule has 1 aromatic rings. The van der Waals surface area contributed by atoms with Crippen molar-refractivity contribution in [1.29, 1.82) is 0 Å². The van der Waals surface area contributed by atoms with Crippen molar-refractivity contribution < 1.29 is 13.2 Å². The van der Waals surface area contributed by atoms with Gasteiger partial charge >= 0.3 is 0 Å². The summed E-state index contributed by atoms with van der Waals surface area (Å²) < 4.78 is 38.8. The predicted molar refractivity (Wildman–Crippen MR) is 48.8 cm³/mol. The van der Waals surface area contributed by atoms with Crippen molar-refractivity contribution in [2.24, 2.45) is 5.73 Å². The summed E-state index contributed by atoms with van der Waals surface area (Å²) in [7, 11) is 0. The number of hydrogen-bond donors (Lipinski definition) is 1. The molecule has 0 aliphatic heterocycles. The van der Waals surface area contributed by atoms with E-state index in [0.717, 1.165) is 13.0 Å². The molecule has 1 rings (SSSR count). The summed E-state index contributed by atoms with van der Waals surface area (Å²) in [5.41, 5.74) is 5.47. The van der Waals surface area contributed by atoms with Gasteiger partial charge < -0.3 is 5.73 Å². The second kappa shape index (κ2) is 4.00. The summed E-state index contributed by atoms with van der Waals surface area (Å²) in [4.78, 5) is 0. The lowest BCUT2D eigenvalue weighted by Crippen LogP contribution is -2.29. The minimum Gasteiger partial charge on any atom is -0.330 e. The lowest BCUT2D eigenvalue weighted by molar-refractivity contribution is -0.00524. The normalized spacial score (nSPS) is 14.1. The van der Waals surface area contributed by atoms with Gasteiger partial charge in [0.15, 0.2) is 0 Å². The third kappa shape index (κ3) is 2.48. The number of rotatable bonds is 3. The molecule has 1 atom stereocenters. The smallest absolute Gasteiger partial charge is 0.253 e. The number of nitrogens with two attached hydrogens (primary N) is 1. The first kappa shape index (κ1) is 11.0. The first-order valence-electron chi connectivity index (χ1n) is 4.28. The zero-order chi connectivity index (χ0) is 10.8. The van der Waals surface area contributed by atoms with Crippen LogP contribution in [0.5, 0.6) is 0 Å². The van der Waals surface area contributed by atoms with E-state index in [9.17, 15) is 13.2 Å². The standard InChI is InChI=1S/C10H12F3N/c1-10(12,13)9(6-14)7-3-2-4-8(11)5-7/h2-5,9H,6,14H2,1H3. The Labute approximate surface area is 80.7 Å². The molecule has 0 aliphatic rings. The van der Waals surface area contributed by atoms with Gasteiger partial charge in [-0.2, -0.15) is 0 Å². The lowest BCUT2D eigenvalue weighted by Gasteiger charge is -2.22. The highest BCUT2D eigenvalue weighted by Crippen LogP contribution is 2.32. The highest BCUT2D eigenvalue weighted by molar-refractivity contribution is 5.23. The predicted octanol–water partition coefficient (Wildman–Crippen LogP) is 2.52. The third-order valence-corrected chi connectivity index (χ3v) is 2.10. The van der Waals surface area contributed by atoms with Crippen LogP contribution in [0, 0.1) is 5.82 Å². The molecule has 0 aromatic heterocycles. The van der Waals surface area contributed by atoms with Crippen LogP contribution in [0.25, 0.3) is 0 Å². The van der Waals surface area contributed by atoms with Crippen LogP contribution in [0.2, 0.25) is 0 Å². The number of benzene rings is 1. The maximum atomic E-state index is 13.0. The van der Waals surface area contributed by atoms with E-state index in [4.69, 9.17) is 5.73 Å². The summed E-state index contributed by atoms with van der Waals surface area (Å²) in [6, 6.07) is 5.16. The van der Waals surface area contributed by atoms with Gasteiger partial charge in [-0.25, -0.2) is 13.2 Å². The van der Waals surface area contributed by atoms with Gasteiger partial charge in [-0.15, -0.1) is 0 Å². The molecule has 4 heteroatoms. The fourth-order valence-corrected chi connectivity index (χ4v) is 1.36. The molecule has 78 valence electrons. The maximum absolute atomic E-state index is 13.0. The summed E-state index contributed by atoms with van der Waals surface area (Å²) in [5.74, 6) is -4.58. The minimum atomic E-state index is -2.93. The first-order valence-corrected chi connectivity index (χ1v) is 4.28. The van der Waals surface area contributed by atoms with Crippen molar-refractivity contribution in [3.8, 4) is 0 Å². The second-order valence-electron chi connectivity index (χ2n) is 3.30. The van der Waals surface area contributed by atoms with Crippen molar-refractivity contribution >= 4 is 0 Å². The van der Waals surface area contributed by atoms with Crippen molar-refractivity contribution in [1.82, 2.24) is 0 Å². The summed E-state index contributed by atoms with van der Waals surface area (Å²) in [6.45, 7) is 0.586. The molecule has 0 bridgehead atoms. The highest BCUT2D eigenvalue weighted by atomic mass is 19.3. The van der Waals surface area contributed by atoms with Gasteiger partial charge in [0, 0.05) is 13.5 Å². The molecule has 1 nitrogen and oxygen atoms in total. The van der Waals surface area contributed by atoms with Crippen LogP contribution in [0.1, 0.15) is 18.4 Å². The Balaban J connectivity index is 3.01. The topological polar surface area (TPSA) is 26.0 Å². The van der Waals surface area contributed by atoms with Crippen LogP contribution < -0.4 is 5.73 Å². The minimum absolute atomic E-state index is 0.201. The Bertz CT molecular complexity index is 306. The quantitative estimate of drug-likeness (QED) is 0.802. The van der Waals surface area contributed by atoms with Crippen LogP contribution in [0.3, 0.4) is 0 Å². The fourth-order valence-electron chi connectivity index (χ4n) is 1.36. The van der Waals surface area contributed by atoms with Crippen molar-refractivity contribution in [3.05, 3.63) is 35.6 Å². The molecule has 1 aromatic carbocycles. The van der Waals surface area contributed by atoms with Gasteiger partial charge in [-0.05, 0) is 17.7 Å². The largest absolute Gasteiger partial charge is 0.330 e. The molecule has 1 unspecified atom stereocenters. The number of alkyl halides is 2. The van der Waals surface area contributed by atoms with E-state index in [2.05, 4.69) is 0 Å². The van der Waals surface area contributed by atoms with Gasteiger partial charge in [0.25, 0.3) is 5.92 Å². The Morgan fingerprint density at radius 1 is 1.43 bits per heavy atom. The van der Waals surface area contributed by atoms with Crippen molar-refractivity contribution in [3.63, 3.8) is 0 Å². The zero-order valence-corrected chi connectivity index (χ0v) is 7.81. The SMILES string of the molecule is CC(F)(F)C(CN)c1cccc(F)c1. The Morgan fingerprint density at radius 3 is 2.50 bits per heavy atom. The average molecular weight is 203 g/mol. The second-order valence-corrected chi connectivity index (χ2v) is 3.30. The van der Waals surface area contributed by atoms with Gasteiger partial charge in [-0.1, -0.05) is 12.1 Å². The Hall–Kier alpha value is -1.03. The van der Waals surface area contributed by atoms with E-state index in [0.29, 0.717) is 0 Å². The monoisotopic (exact) mass is 203 g/mol. The molecule has 0 fully saturated rings. The van der Waals surface area contributed by atoms with E-state index in [1.165, 1.54) is 18.2 Å². The molecular formula is C10H12F3N. The van der Waals surface area contributed by atoms with Crippen molar-refractivity contribution in [2.75, 3.05) is 6.54 Å². The molecule has 0 saturated carbocycles. The van der Waals surface area contributed by atoms with Gasteiger partial charge in [0.05, 0.1) is 5.92 Å². The first-order chi connectivity index (χ1) is 6.45. The maximum Gasteiger partial charge on any atom is 0.253 e. The summed E-state index contributed by atoms with van der Waals surface area (Å²) >= 11 is 0. The third-order valence-electron chi connectivity index (χ3n) is 2.10. The molecule has 0 amide bonds. The molecule has 0 radical (unpaired) electrons. The molecular weight excluding hydrogens is 191 g/mol. The van der Waals surface area contributed by atoms with Gasteiger partial charge in [-0.3, -0.25) is 0 Å². The summed E-state index contributed by atoms with van der Waals surface area (Å²) in [5, 5.41) is 0. The van der Waals surface area contributed by atoms with Gasteiger partial charge in [0.1, 0.15) is 5.82 Å². The average Bonchev–Trinajstić information content (AvgIpc) is 2.02. The van der Waals surface area contributed by atoms with Crippen LogP contribution in [0.15, 0.2) is 24.3 Å². The molecule has 0 aliphatic carbocycles. The van der Waals surface area contributed by atoms with Crippen LogP contribution in [-0.2, 0) is 0 Å². The lowest BCUT2D eigenvalue weighted by atomic mass is 9.93. The Kier molecular flexibility index (Phi) is 3.16. The molecule has 14 heavy (non-hydrogen) atoms. The fraction of sp³-hybridized carbons (Fsp3) is 0.400. The van der Waals surface area contributed by atoms with Gasteiger partial charge in [0.2, 0.25) is 0 Å². The van der Waals surface area contributed by atoms with Crippen molar-refractivity contribution in [2.45, 2.75) is 18.8 Å². The Morgan fingerprint density at radius 2 is 2.07 bits per heavy atom. The number of halogens is 3. The number of hydrogen-bond acceptors (Lipinski definition) is 1. The van der Waals surface area contributed by atoms with Crippen LogP contribution >= 0.6 is 0 Å². The highest BCUT2D eigenvalue weighted by Gasteiger charge is 2.34. The van der Waals surface area contributed by atoms with E-state index < -0.39 is 17.7 Å².